The molecule has 3 atom stereocenters. The van der Waals surface area contributed by atoms with Crippen LogP contribution in [0, 0.1) is 5.92 Å². The Bertz CT molecular complexity index is 367. The van der Waals surface area contributed by atoms with Gasteiger partial charge >= 0.3 is 5.97 Å². The number of nitrogens with zero attached hydrogens (tertiary/aromatic N) is 1. The zero-order chi connectivity index (χ0) is 15.2. The lowest BCUT2D eigenvalue weighted by Crippen LogP contribution is -2.50. The van der Waals surface area contributed by atoms with Crippen molar-refractivity contribution in [1.29, 1.82) is 0 Å². The Labute approximate surface area is 125 Å². The minimum absolute atomic E-state index is 0.123. The number of carboxylic acid groups (broad SMARTS) is 1. The van der Waals surface area contributed by atoms with Gasteiger partial charge in [0, 0.05) is 13.2 Å². The predicted octanol–water partition coefficient (Wildman–Crippen LogP) is 1.28. The number of aliphatic carboxylic acids is 1. The van der Waals surface area contributed by atoms with E-state index in [4.69, 9.17) is 9.47 Å². The number of carbonyl (C=O) groups excluding carboxylic acids is 1. The van der Waals surface area contributed by atoms with Crippen molar-refractivity contribution in [3.05, 3.63) is 0 Å². The summed E-state index contributed by atoms with van der Waals surface area (Å²) in [5.41, 5.74) is 0. The van der Waals surface area contributed by atoms with Crippen molar-refractivity contribution in [2.24, 2.45) is 5.92 Å². The second-order valence-corrected chi connectivity index (χ2v) is 6.03. The Morgan fingerprint density at radius 2 is 2.19 bits per heavy atom. The van der Waals surface area contributed by atoms with E-state index in [1.807, 2.05) is 6.92 Å². The molecule has 1 N–H and O–H groups in total. The number of rotatable bonds is 6. The van der Waals surface area contributed by atoms with Crippen LogP contribution >= 0.6 is 0 Å². The van der Waals surface area contributed by atoms with Crippen LogP contribution < -0.4 is 0 Å². The maximum atomic E-state index is 12.2. The molecule has 0 aromatic heterocycles. The highest BCUT2D eigenvalue weighted by atomic mass is 16.5. The SMILES string of the molecule is CC1CCN(C(=O)CCOCC2CCCO2)C(C(=O)O)C1. The zero-order valence-electron chi connectivity index (χ0n) is 12.6. The molecule has 0 radical (unpaired) electrons. The number of amides is 1. The van der Waals surface area contributed by atoms with Crippen LogP contribution in [0.25, 0.3) is 0 Å². The summed E-state index contributed by atoms with van der Waals surface area (Å²) >= 11 is 0. The van der Waals surface area contributed by atoms with Crippen LogP contribution in [0.3, 0.4) is 0 Å². The molecule has 0 bridgehead atoms. The first kappa shape index (κ1) is 16.2. The summed E-state index contributed by atoms with van der Waals surface area (Å²) in [4.78, 5) is 24.9. The fourth-order valence-corrected chi connectivity index (χ4v) is 2.97. The van der Waals surface area contributed by atoms with E-state index in [0.717, 1.165) is 25.9 Å². The Balaban J connectivity index is 1.71. The third kappa shape index (κ3) is 4.68. The van der Waals surface area contributed by atoms with E-state index in [1.54, 1.807) is 0 Å². The minimum atomic E-state index is -0.907. The molecule has 0 spiro atoms. The lowest BCUT2D eigenvalue weighted by Gasteiger charge is -2.36. The van der Waals surface area contributed by atoms with Crippen LogP contribution in [0.15, 0.2) is 0 Å². The average Bonchev–Trinajstić information content (AvgIpc) is 2.96. The van der Waals surface area contributed by atoms with E-state index < -0.39 is 12.0 Å². The van der Waals surface area contributed by atoms with Crippen LogP contribution in [-0.2, 0) is 19.1 Å². The number of hydrogen-bond acceptors (Lipinski definition) is 4. The third-order valence-electron chi connectivity index (χ3n) is 4.26. The number of likely N-dealkylation sites (tertiary alicyclic amines) is 1. The molecule has 6 heteroatoms. The van der Waals surface area contributed by atoms with Crippen LogP contribution in [0.4, 0.5) is 0 Å². The molecule has 0 saturated carbocycles. The first-order valence-corrected chi connectivity index (χ1v) is 7.79. The summed E-state index contributed by atoms with van der Waals surface area (Å²) < 4.78 is 10.9. The van der Waals surface area contributed by atoms with Gasteiger partial charge in [-0.15, -0.1) is 0 Å². The van der Waals surface area contributed by atoms with Gasteiger partial charge in [0.15, 0.2) is 0 Å². The van der Waals surface area contributed by atoms with Crippen molar-refractivity contribution in [1.82, 2.24) is 4.90 Å². The van der Waals surface area contributed by atoms with Crippen molar-refractivity contribution in [3.8, 4) is 0 Å². The van der Waals surface area contributed by atoms with Gasteiger partial charge in [-0.2, -0.15) is 0 Å². The smallest absolute Gasteiger partial charge is 0.326 e. The van der Waals surface area contributed by atoms with Gasteiger partial charge in [0.05, 0.1) is 25.7 Å². The van der Waals surface area contributed by atoms with Crippen molar-refractivity contribution in [2.75, 3.05) is 26.4 Å². The number of ether oxygens (including phenoxy) is 2. The van der Waals surface area contributed by atoms with Crippen molar-refractivity contribution >= 4 is 11.9 Å². The third-order valence-corrected chi connectivity index (χ3v) is 4.26. The largest absolute Gasteiger partial charge is 0.480 e. The Kier molecular flexibility index (Phi) is 5.99. The zero-order valence-corrected chi connectivity index (χ0v) is 12.6. The molecule has 2 rings (SSSR count). The summed E-state index contributed by atoms with van der Waals surface area (Å²) in [7, 11) is 0. The predicted molar refractivity (Wildman–Crippen MR) is 75.9 cm³/mol. The van der Waals surface area contributed by atoms with Gasteiger partial charge in [-0.1, -0.05) is 6.92 Å². The number of hydrogen-bond donors (Lipinski definition) is 1. The average molecular weight is 299 g/mol. The molecule has 3 unspecified atom stereocenters. The molecule has 2 saturated heterocycles. The summed E-state index contributed by atoms with van der Waals surface area (Å²) in [5.74, 6) is -0.678. The molecule has 6 nitrogen and oxygen atoms in total. The fraction of sp³-hybridized carbons (Fsp3) is 0.867. The van der Waals surface area contributed by atoms with Crippen molar-refractivity contribution in [3.63, 3.8) is 0 Å². The molecule has 2 fully saturated rings. The van der Waals surface area contributed by atoms with Crippen molar-refractivity contribution in [2.45, 2.75) is 51.2 Å². The van der Waals surface area contributed by atoms with Gasteiger partial charge in [-0.25, -0.2) is 4.79 Å². The van der Waals surface area contributed by atoms with E-state index in [-0.39, 0.29) is 18.4 Å². The molecule has 0 aromatic rings. The van der Waals surface area contributed by atoms with E-state index in [0.29, 0.717) is 32.1 Å². The maximum Gasteiger partial charge on any atom is 0.326 e. The van der Waals surface area contributed by atoms with E-state index in [9.17, 15) is 14.7 Å². The second-order valence-electron chi connectivity index (χ2n) is 6.03. The first-order chi connectivity index (χ1) is 10.1. The second kappa shape index (κ2) is 7.75. The standard InChI is InChI=1S/C15H25NO5/c1-11-4-6-16(13(9-11)15(18)19)14(17)5-8-20-10-12-3-2-7-21-12/h11-13H,2-10H2,1H3,(H,18,19). The van der Waals surface area contributed by atoms with Crippen LogP contribution in [0.5, 0.6) is 0 Å². The molecule has 2 aliphatic rings. The van der Waals surface area contributed by atoms with E-state index in [1.165, 1.54) is 4.90 Å². The quantitative estimate of drug-likeness (QED) is 0.748. The summed E-state index contributed by atoms with van der Waals surface area (Å²) in [6, 6.07) is -0.681. The Morgan fingerprint density at radius 1 is 1.38 bits per heavy atom. The van der Waals surface area contributed by atoms with Gasteiger partial charge in [-0.05, 0) is 31.6 Å². The maximum absolute atomic E-state index is 12.2. The summed E-state index contributed by atoms with van der Waals surface area (Å²) in [6.07, 6.45) is 3.88. The van der Waals surface area contributed by atoms with Crippen LogP contribution in [0.1, 0.15) is 39.0 Å². The van der Waals surface area contributed by atoms with Crippen LogP contribution in [-0.4, -0.2) is 60.4 Å². The first-order valence-electron chi connectivity index (χ1n) is 7.79. The van der Waals surface area contributed by atoms with Gasteiger partial charge in [-0.3, -0.25) is 4.79 Å². The molecule has 1 amide bonds. The van der Waals surface area contributed by atoms with Gasteiger partial charge in [0.2, 0.25) is 5.91 Å². The minimum Gasteiger partial charge on any atom is -0.480 e. The Hall–Kier alpha value is -1.14. The summed E-state index contributed by atoms with van der Waals surface area (Å²) in [5, 5.41) is 9.25. The Morgan fingerprint density at radius 3 is 2.86 bits per heavy atom. The lowest BCUT2D eigenvalue weighted by atomic mass is 9.92. The molecule has 2 heterocycles. The molecule has 120 valence electrons. The number of carbonyl (C=O) groups is 2. The molecule has 2 aliphatic heterocycles. The molecule has 0 aliphatic carbocycles. The van der Waals surface area contributed by atoms with E-state index >= 15 is 0 Å². The number of carboxylic acids is 1. The topological polar surface area (TPSA) is 76.1 Å². The normalized spacial score (nSPS) is 29.6. The molecule has 0 aromatic carbocycles. The highest BCUT2D eigenvalue weighted by Gasteiger charge is 2.34. The molecule has 21 heavy (non-hydrogen) atoms. The number of piperidine rings is 1. The van der Waals surface area contributed by atoms with Gasteiger partial charge in [0.25, 0.3) is 0 Å². The van der Waals surface area contributed by atoms with Crippen molar-refractivity contribution < 1.29 is 24.2 Å². The lowest BCUT2D eigenvalue weighted by molar-refractivity contribution is -0.153. The van der Waals surface area contributed by atoms with Gasteiger partial charge < -0.3 is 19.5 Å². The van der Waals surface area contributed by atoms with E-state index in [2.05, 4.69) is 0 Å². The molecular formula is C15H25NO5. The summed E-state index contributed by atoms with van der Waals surface area (Å²) in [6.45, 7) is 4.20. The fourth-order valence-electron chi connectivity index (χ4n) is 2.97. The highest BCUT2D eigenvalue weighted by Crippen LogP contribution is 2.23. The monoisotopic (exact) mass is 299 g/mol. The van der Waals surface area contributed by atoms with Gasteiger partial charge in [0.1, 0.15) is 6.04 Å². The van der Waals surface area contributed by atoms with Crippen LogP contribution in [0.2, 0.25) is 0 Å². The molecular weight excluding hydrogens is 274 g/mol. The highest BCUT2D eigenvalue weighted by molar-refractivity contribution is 5.83.